The number of nitrogens with two attached hydrogens (primary N) is 2. The Labute approximate surface area is 220 Å². The summed E-state index contributed by atoms with van der Waals surface area (Å²) in [6, 6.07) is 11.0. The summed E-state index contributed by atoms with van der Waals surface area (Å²) in [6.07, 6.45) is 4.01. The van der Waals surface area contributed by atoms with E-state index in [9.17, 15) is 19.5 Å². The van der Waals surface area contributed by atoms with Crippen LogP contribution in [0.3, 0.4) is 0 Å². The number of hydrogen-bond donors (Lipinski definition) is 5. The predicted octanol–water partition coefficient (Wildman–Crippen LogP) is 2.79. The van der Waals surface area contributed by atoms with Crippen molar-refractivity contribution in [1.82, 2.24) is 10.6 Å². The Morgan fingerprint density at radius 1 is 0.892 bits per heavy atom. The molecule has 0 spiro atoms. The number of carbonyl (C=O) groups excluding carboxylic acids is 3. The second-order valence-electron chi connectivity index (χ2n) is 9.75. The van der Waals surface area contributed by atoms with Crippen molar-refractivity contribution in [3.63, 3.8) is 0 Å². The number of phenolic OH excluding ortho intramolecular Hbond substituents is 1. The van der Waals surface area contributed by atoms with E-state index < -0.39 is 23.9 Å². The minimum absolute atomic E-state index is 0.200. The molecule has 0 aliphatic rings. The third-order valence-corrected chi connectivity index (χ3v) is 6.66. The third-order valence-electron chi connectivity index (χ3n) is 6.66. The minimum atomic E-state index is -0.891. The molecule has 0 fully saturated rings. The molecule has 0 aliphatic heterocycles. The number of aryl methyl sites for hydroxylation is 2. The minimum Gasteiger partial charge on any atom is -0.508 e. The highest BCUT2D eigenvalue weighted by molar-refractivity contribution is 5.92. The summed E-state index contributed by atoms with van der Waals surface area (Å²) in [7, 11) is 0. The van der Waals surface area contributed by atoms with E-state index in [-0.39, 0.29) is 24.0 Å². The second kappa shape index (κ2) is 15.0. The molecular formula is C29H42N4O4. The number of carbonyl (C=O) groups is 3. The molecule has 202 valence electrons. The monoisotopic (exact) mass is 510 g/mol. The lowest BCUT2D eigenvalue weighted by atomic mass is 9.89. The molecule has 3 amide bonds. The fourth-order valence-corrected chi connectivity index (χ4v) is 4.61. The van der Waals surface area contributed by atoms with Crippen LogP contribution in [-0.4, -0.2) is 41.5 Å². The smallest absolute Gasteiger partial charge is 0.243 e. The Morgan fingerprint density at radius 2 is 1.51 bits per heavy atom. The molecule has 2 rings (SSSR count). The molecule has 0 heterocycles. The van der Waals surface area contributed by atoms with Crippen LogP contribution >= 0.6 is 0 Å². The molecule has 0 aromatic heterocycles. The topological polar surface area (TPSA) is 148 Å². The number of nitrogens with one attached hydrogen (secondary N) is 2. The van der Waals surface area contributed by atoms with Gasteiger partial charge in [0.25, 0.3) is 0 Å². The third kappa shape index (κ3) is 9.53. The van der Waals surface area contributed by atoms with Crippen molar-refractivity contribution in [3.8, 4) is 5.75 Å². The van der Waals surface area contributed by atoms with Crippen LogP contribution < -0.4 is 22.1 Å². The van der Waals surface area contributed by atoms with Crippen molar-refractivity contribution in [2.45, 2.75) is 77.8 Å². The molecule has 8 nitrogen and oxygen atoms in total. The van der Waals surface area contributed by atoms with Gasteiger partial charge in [-0.3, -0.25) is 14.4 Å². The van der Waals surface area contributed by atoms with Gasteiger partial charge in [-0.05, 0) is 86.9 Å². The molecule has 7 N–H and O–H groups in total. The molecule has 0 bridgehead atoms. The maximum Gasteiger partial charge on any atom is 0.243 e. The number of rotatable bonds is 15. The van der Waals surface area contributed by atoms with Gasteiger partial charge < -0.3 is 27.2 Å². The Hall–Kier alpha value is -3.39. The van der Waals surface area contributed by atoms with E-state index in [0.717, 1.165) is 28.7 Å². The first-order valence-electron chi connectivity index (χ1n) is 13.1. The summed E-state index contributed by atoms with van der Waals surface area (Å²) >= 11 is 0. The number of benzene rings is 2. The highest BCUT2D eigenvalue weighted by Crippen LogP contribution is 2.25. The molecule has 3 unspecified atom stereocenters. The van der Waals surface area contributed by atoms with E-state index in [1.807, 2.05) is 51.1 Å². The van der Waals surface area contributed by atoms with Gasteiger partial charge in [0, 0.05) is 12.3 Å². The molecule has 3 atom stereocenters. The van der Waals surface area contributed by atoms with Gasteiger partial charge in [-0.2, -0.15) is 0 Å². The lowest BCUT2D eigenvalue weighted by Crippen LogP contribution is -2.54. The quantitative estimate of drug-likeness (QED) is 0.234. The number of amides is 3. The maximum absolute atomic E-state index is 13.4. The van der Waals surface area contributed by atoms with Crippen molar-refractivity contribution >= 4 is 17.7 Å². The summed E-state index contributed by atoms with van der Waals surface area (Å²) in [5.41, 5.74) is 15.0. The fourth-order valence-electron chi connectivity index (χ4n) is 4.61. The summed E-state index contributed by atoms with van der Waals surface area (Å²) in [4.78, 5) is 38.8. The average Bonchev–Trinajstić information content (AvgIpc) is 2.85. The van der Waals surface area contributed by atoms with E-state index in [0.29, 0.717) is 38.6 Å². The zero-order valence-corrected chi connectivity index (χ0v) is 22.3. The van der Waals surface area contributed by atoms with Crippen molar-refractivity contribution in [3.05, 3.63) is 64.7 Å². The summed E-state index contributed by atoms with van der Waals surface area (Å²) < 4.78 is 0. The van der Waals surface area contributed by atoms with Crippen LogP contribution in [0.2, 0.25) is 0 Å². The van der Waals surface area contributed by atoms with Gasteiger partial charge in [-0.1, -0.05) is 43.7 Å². The van der Waals surface area contributed by atoms with Crippen molar-refractivity contribution < 1.29 is 19.5 Å². The Kier molecular flexibility index (Phi) is 12.1. The molecular weight excluding hydrogens is 468 g/mol. The predicted molar refractivity (Wildman–Crippen MR) is 146 cm³/mol. The van der Waals surface area contributed by atoms with Gasteiger partial charge in [0.1, 0.15) is 17.8 Å². The number of unbranched alkanes of at least 4 members (excludes halogenated alkanes) is 1. The van der Waals surface area contributed by atoms with Crippen LogP contribution in [0.5, 0.6) is 5.75 Å². The van der Waals surface area contributed by atoms with Crippen LogP contribution in [0.15, 0.2) is 42.5 Å². The zero-order chi connectivity index (χ0) is 27.4. The summed E-state index contributed by atoms with van der Waals surface area (Å²) in [5, 5.41) is 15.6. The van der Waals surface area contributed by atoms with E-state index in [4.69, 9.17) is 11.5 Å². The van der Waals surface area contributed by atoms with Crippen LogP contribution in [0, 0.1) is 19.8 Å². The van der Waals surface area contributed by atoms with Crippen molar-refractivity contribution in [2.75, 3.05) is 6.54 Å². The molecule has 8 heteroatoms. The zero-order valence-electron chi connectivity index (χ0n) is 22.3. The molecule has 0 radical (unpaired) electrons. The first-order chi connectivity index (χ1) is 17.7. The van der Waals surface area contributed by atoms with Crippen LogP contribution in [0.4, 0.5) is 0 Å². The van der Waals surface area contributed by atoms with Gasteiger partial charge in [0.15, 0.2) is 0 Å². The van der Waals surface area contributed by atoms with Crippen LogP contribution in [0.25, 0.3) is 0 Å². The number of aromatic hydroxyl groups is 1. The second-order valence-corrected chi connectivity index (χ2v) is 9.75. The van der Waals surface area contributed by atoms with Crippen molar-refractivity contribution in [1.29, 1.82) is 0 Å². The first-order valence-corrected chi connectivity index (χ1v) is 13.1. The molecule has 0 aliphatic carbocycles. The highest BCUT2D eigenvalue weighted by Gasteiger charge is 2.28. The highest BCUT2D eigenvalue weighted by atomic mass is 16.3. The maximum atomic E-state index is 13.4. The lowest BCUT2D eigenvalue weighted by molar-refractivity contribution is -0.133. The van der Waals surface area contributed by atoms with Gasteiger partial charge in [-0.15, -0.1) is 0 Å². The Bertz CT molecular complexity index is 1020. The van der Waals surface area contributed by atoms with E-state index >= 15 is 0 Å². The largest absolute Gasteiger partial charge is 0.508 e. The normalized spacial score (nSPS) is 13.4. The standard InChI is InChI=1S/C29H42N4O4/c1-4-10-22(18-24-19(2)15-23(34)16-20(24)3)28(36)32-25(13-8-9-14-30)29(37)33-26(27(31)35)17-21-11-6-5-7-12-21/h5-7,11-12,15-16,22,25-26,34H,4,8-10,13-14,17-18,30H2,1-3H3,(H2,31,35)(H,32,36)(H,33,37). The summed E-state index contributed by atoms with van der Waals surface area (Å²) in [5.74, 6) is -1.41. The molecule has 0 saturated carbocycles. The first kappa shape index (κ1) is 29.8. The van der Waals surface area contributed by atoms with Crippen LogP contribution in [-0.2, 0) is 27.2 Å². The number of phenols is 1. The van der Waals surface area contributed by atoms with E-state index in [2.05, 4.69) is 10.6 Å². The van der Waals surface area contributed by atoms with Gasteiger partial charge in [-0.25, -0.2) is 0 Å². The lowest BCUT2D eigenvalue weighted by Gasteiger charge is -2.25. The molecule has 0 saturated heterocycles. The fraction of sp³-hybridized carbons (Fsp3) is 0.483. The molecule has 2 aromatic rings. The van der Waals surface area contributed by atoms with Crippen LogP contribution in [0.1, 0.15) is 61.3 Å². The molecule has 2 aromatic carbocycles. The van der Waals surface area contributed by atoms with Crippen molar-refractivity contribution in [2.24, 2.45) is 17.4 Å². The molecule has 37 heavy (non-hydrogen) atoms. The summed E-state index contributed by atoms with van der Waals surface area (Å²) in [6.45, 7) is 6.34. The average molecular weight is 511 g/mol. The number of hydrogen-bond acceptors (Lipinski definition) is 5. The van der Waals surface area contributed by atoms with Gasteiger partial charge in [0.05, 0.1) is 0 Å². The van der Waals surface area contributed by atoms with E-state index in [1.54, 1.807) is 12.1 Å². The van der Waals surface area contributed by atoms with E-state index in [1.165, 1.54) is 0 Å². The van der Waals surface area contributed by atoms with Gasteiger partial charge in [0.2, 0.25) is 17.7 Å². The Balaban J connectivity index is 2.18. The van der Waals surface area contributed by atoms with Gasteiger partial charge >= 0.3 is 0 Å². The Morgan fingerprint density at radius 3 is 2.08 bits per heavy atom. The number of primary amides is 1. The SMILES string of the molecule is CCCC(Cc1c(C)cc(O)cc1C)C(=O)NC(CCCCN)C(=O)NC(Cc1ccccc1)C(N)=O.